The minimum absolute atomic E-state index is 0.0898. The number of carbonyl (C=O) groups excluding carboxylic acids is 1. The molecule has 5 atom stereocenters. The molecule has 1 aromatic heterocycles. The molecule has 1 aromatic carbocycles. The summed E-state index contributed by atoms with van der Waals surface area (Å²) in [5.74, 6) is 1.42. The normalized spacial score (nSPS) is 31.4. The molecular formula is C30H40N4O3. The zero-order valence-corrected chi connectivity index (χ0v) is 22.0. The van der Waals surface area contributed by atoms with E-state index in [1.165, 1.54) is 51.4 Å². The van der Waals surface area contributed by atoms with Gasteiger partial charge in [0.25, 0.3) is 5.56 Å². The molecule has 2 saturated carbocycles. The average molecular weight is 505 g/mol. The SMILES string of the molecule is CCOC(=O)CCC(=N)c1nc2ccccc2n([C@@H]2C[C@@H]3CCC[C@H]2N3C2CC3CCCC(C3)C2)c1=O. The first-order valence-electron chi connectivity index (χ1n) is 14.6. The highest BCUT2D eigenvalue weighted by atomic mass is 16.5. The molecule has 3 heterocycles. The zero-order valence-electron chi connectivity index (χ0n) is 22.0. The van der Waals surface area contributed by atoms with Crippen LogP contribution < -0.4 is 5.56 Å². The standard InChI is InChI=1S/C30H40N4O3/c1-2-37-28(35)14-13-23(31)29-30(36)34(25-11-4-3-10-24(25)32-29)27-18-21-9-6-12-26(27)33(21)22-16-19-7-5-8-20(15-19)17-22/h3-4,10-11,19-22,26-27,31H,2,5-9,12-18H2,1H3/t19?,20?,21-,22?,26+,27+/m0/s1. The van der Waals surface area contributed by atoms with Gasteiger partial charge in [-0.25, -0.2) is 4.98 Å². The first kappa shape index (κ1) is 24.8. The van der Waals surface area contributed by atoms with Crippen LogP contribution in [0.1, 0.15) is 95.7 Å². The Bertz CT molecular complexity index is 1230. The highest BCUT2D eigenvalue weighted by molar-refractivity contribution is 5.98. The molecule has 0 amide bonds. The minimum atomic E-state index is -0.342. The van der Waals surface area contributed by atoms with Crippen molar-refractivity contribution in [1.82, 2.24) is 14.5 Å². The second-order valence-electron chi connectivity index (χ2n) is 11.8. The lowest BCUT2D eigenvalue weighted by Crippen LogP contribution is -2.51. The number of ether oxygens (including phenoxy) is 1. The van der Waals surface area contributed by atoms with Gasteiger partial charge in [-0.05, 0) is 69.4 Å². The fourth-order valence-corrected chi connectivity index (χ4v) is 8.24. The number of nitrogens with one attached hydrogen (secondary N) is 1. The zero-order chi connectivity index (χ0) is 25.5. The molecule has 198 valence electrons. The summed E-state index contributed by atoms with van der Waals surface area (Å²) in [7, 11) is 0. The number of esters is 1. The molecule has 4 fully saturated rings. The van der Waals surface area contributed by atoms with E-state index < -0.39 is 0 Å². The van der Waals surface area contributed by atoms with E-state index in [1.54, 1.807) is 6.92 Å². The molecule has 2 aliphatic carbocycles. The van der Waals surface area contributed by atoms with Crippen LogP contribution in [0.15, 0.2) is 29.1 Å². The molecule has 2 aromatic rings. The summed E-state index contributed by atoms with van der Waals surface area (Å²) >= 11 is 0. The first-order chi connectivity index (χ1) is 18.0. The predicted octanol–water partition coefficient (Wildman–Crippen LogP) is 5.24. The van der Waals surface area contributed by atoms with Gasteiger partial charge in [0, 0.05) is 24.5 Å². The molecule has 1 N–H and O–H groups in total. The molecule has 4 bridgehead atoms. The molecule has 2 aliphatic heterocycles. The van der Waals surface area contributed by atoms with Crippen LogP contribution in [-0.2, 0) is 9.53 Å². The van der Waals surface area contributed by atoms with E-state index in [0.717, 1.165) is 35.7 Å². The van der Waals surface area contributed by atoms with Crippen molar-refractivity contribution >= 4 is 22.7 Å². The van der Waals surface area contributed by atoms with Crippen molar-refractivity contribution < 1.29 is 9.53 Å². The Labute approximate surface area is 219 Å². The van der Waals surface area contributed by atoms with Gasteiger partial charge >= 0.3 is 5.97 Å². The van der Waals surface area contributed by atoms with Crippen LogP contribution in [0.2, 0.25) is 0 Å². The Hall–Kier alpha value is -2.54. The maximum atomic E-state index is 14.0. The van der Waals surface area contributed by atoms with Crippen LogP contribution in [0.4, 0.5) is 0 Å². The number of piperidine rings is 1. The Morgan fingerprint density at radius 2 is 1.73 bits per heavy atom. The van der Waals surface area contributed by atoms with Crippen molar-refractivity contribution in [3.05, 3.63) is 40.3 Å². The molecule has 0 spiro atoms. The van der Waals surface area contributed by atoms with Gasteiger partial charge < -0.3 is 14.7 Å². The fourth-order valence-electron chi connectivity index (χ4n) is 8.24. The van der Waals surface area contributed by atoms with Gasteiger partial charge in [-0.2, -0.15) is 0 Å². The van der Waals surface area contributed by atoms with Crippen LogP contribution in [0.3, 0.4) is 0 Å². The number of hydrogen-bond acceptors (Lipinski definition) is 6. The van der Waals surface area contributed by atoms with Gasteiger partial charge in [-0.1, -0.05) is 37.8 Å². The molecule has 37 heavy (non-hydrogen) atoms. The highest BCUT2D eigenvalue weighted by Crippen LogP contribution is 2.49. The van der Waals surface area contributed by atoms with E-state index in [-0.39, 0.29) is 41.8 Å². The third-order valence-corrected chi connectivity index (χ3v) is 9.62. The summed E-state index contributed by atoms with van der Waals surface area (Å²) in [6, 6.07) is 9.53. The van der Waals surface area contributed by atoms with Gasteiger partial charge in [0.15, 0.2) is 0 Å². The van der Waals surface area contributed by atoms with Crippen LogP contribution in [-0.4, -0.2) is 50.9 Å². The number of para-hydroxylation sites is 2. The van der Waals surface area contributed by atoms with Gasteiger partial charge in [0.2, 0.25) is 0 Å². The Morgan fingerprint density at radius 1 is 0.973 bits per heavy atom. The number of benzene rings is 1. The summed E-state index contributed by atoms with van der Waals surface area (Å²) in [5, 5.41) is 8.66. The number of carbonyl (C=O) groups is 1. The third-order valence-electron chi connectivity index (χ3n) is 9.62. The van der Waals surface area contributed by atoms with Crippen molar-refractivity contribution in [2.75, 3.05) is 6.61 Å². The Morgan fingerprint density at radius 3 is 2.51 bits per heavy atom. The van der Waals surface area contributed by atoms with E-state index in [0.29, 0.717) is 24.7 Å². The van der Waals surface area contributed by atoms with E-state index in [1.807, 2.05) is 28.8 Å². The van der Waals surface area contributed by atoms with Crippen LogP contribution in [0.5, 0.6) is 0 Å². The molecule has 2 saturated heterocycles. The topological polar surface area (TPSA) is 88.3 Å². The quantitative estimate of drug-likeness (QED) is 0.411. The van der Waals surface area contributed by atoms with Crippen molar-refractivity contribution in [1.29, 1.82) is 5.41 Å². The van der Waals surface area contributed by atoms with Gasteiger partial charge in [-0.15, -0.1) is 0 Å². The summed E-state index contributed by atoms with van der Waals surface area (Å²) in [6.07, 6.45) is 13.1. The number of rotatable bonds is 7. The summed E-state index contributed by atoms with van der Waals surface area (Å²) in [5.41, 5.74) is 1.75. The monoisotopic (exact) mass is 504 g/mol. The van der Waals surface area contributed by atoms with E-state index in [2.05, 4.69) is 9.88 Å². The van der Waals surface area contributed by atoms with E-state index >= 15 is 0 Å². The second kappa shape index (κ2) is 10.3. The maximum Gasteiger partial charge on any atom is 0.306 e. The molecule has 7 nitrogen and oxygen atoms in total. The number of hydrogen-bond donors (Lipinski definition) is 1. The molecule has 2 unspecified atom stereocenters. The summed E-state index contributed by atoms with van der Waals surface area (Å²) in [4.78, 5) is 33.4. The number of fused-ring (bicyclic) bond motifs is 5. The lowest BCUT2D eigenvalue weighted by Gasteiger charge is -2.48. The van der Waals surface area contributed by atoms with Crippen LogP contribution in [0.25, 0.3) is 11.0 Å². The molecule has 7 heteroatoms. The van der Waals surface area contributed by atoms with Gasteiger partial charge in [0.1, 0.15) is 5.69 Å². The average Bonchev–Trinajstić information content (AvgIpc) is 3.11. The molecular weight excluding hydrogens is 464 g/mol. The third kappa shape index (κ3) is 4.64. The largest absolute Gasteiger partial charge is 0.466 e. The smallest absolute Gasteiger partial charge is 0.306 e. The van der Waals surface area contributed by atoms with E-state index in [4.69, 9.17) is 10.1 Å². The summed E-state index contributed by atoms with van der Waals surface area (Å²) in [6.45, 7) is 2.09. The van der Waals surface area contributed by atoms with Gasteiger partial charge in [0.05, 0.1) is 35.8 Å². The van der Waals surface area contributed by atoms with Crippen molar-refractivity contribution in [2.45, 2.75) is 108 Å². The van der Waals surface area contributed by atoms with Crippen LogP contribution >= 0.6 is 0 Å². The number of nitrogens with zero attached hydrogens (tertiary/aromatic N) is 3. The maximum absolute atomic E-state index is 14.0. The fraction of sp³-hybridized carbons (Fsp3) is 0.667. The molecule has 0 radical (unpaired) electrons. The van der Waals surface area contributed by atoms with Crippen molar-refractivity contribution in [2.24, 2.45) is 11.8 Å². The number of aromatic nitrogens is 2. The lowest BCUT2D eigenvalue weighted by molar-refractivity contribution is -0.142. The molecule has 6 rings (SSSR count). The predicted molar refractivity (Wildman–Crippen MR) is 144 cm³/mol. The van der Waals surface area contributed by atoms with Crippen LogP contribution in [0, 0.1) is 17.2 Å². The highest BCUT2D eigenvalue weighted by Gasteiger charge is 2.49. The molecule has 4 aliphatic rings. The van der Waals surface area contributed by atoms with E-state index in [9.17, 15) is 9.59 Å². The first-order valence-corrected chi connectivity index (χ1v) is 14.6. The Kier molecular flexibility index (Phi) is 6.91. The lowest BCUT2D eigenvalue weighted by atomic mass is 9.69. The van der Waals surface area contributed by atoms with Crippen molar-refractivity contribution in [3.8, 4) is 0 Å². The summed E-state index contributed by atoms with van der Waals surface area (Å²) < 4.78 is 7.02. The van der Waals surface area contributed by atoms with Crippen molar-refractivity contribution in [3.63, 3.8) is 0 Å². The van der Waals surface area contributed by atoms with Gasteiger partial charge in [-0.3, -0.25) is 14.5 Å². The minimum Gasteiger partial charge on any atom is -0.466 e. The Balaban J connectivity index is 1.34. The second-order valence-corrected chi connectivity index (χ2v) is 11.8.